The van der Waals surface area contributed by atoms with Crippen molar-refractivity contribution in [3.63, 3.8) is 0 Å². The van der Waals surface area contributed by atoms with E-state index in [0.717, 1.165) is 6.42 Å². The van der Waals surface area contributed by atoms with E-state index in [2.05, 4.69) is 45.5 Å². The second kappa shape index (κ2) is 8.20. The molecule has 0 N–H and O–H groups in total. The van der Waals surface area contributed by atoms with Crippen LogP contribution in [0.5, 0.6) is 0 Å². The number of thiol groups is 1. The van der Waals surface area contributed by atoms with Crippen LogP contribution in [0.4, 0.5) is 0 Å². The minimum Gasteiger partial charge on any atom is -0.465 e. The van der Waals surface area contributed by atoms with Crippen LogP contribution in [-0.2, 0) is 16.0 Å². The first-order valence-electron chi connectivity index (χ1n) is 5.87. The van der Waals surface area contributed by atoms with Crippen LogP contribution in [0.2, 0.25) is 0 Å². The Balaban J connectivity index is 0.00000289. The molecule has 0 bridgehead atoms. The Hall–Kier alpha value is -0.960. The van der Waals surface area contributed by atoms with Crippen molar-refractivity contribution in [1.29, 1.82) is 0 Å². The summed E-state index contributed by atoms with van der Waals surface area (Å²) >= 11 is 3.99. The van der Waals surface area contributed by atoms with Gasteiger partial charge in [0.05, 0.1) is 0 Å². The molecule has 0 saturated heterocycles. The molecule has 0 radical (unpaired) electrons. The summed E-state index contributed by atoms with van der Waals surface area (Å²) in [4.78, 5) is 11.4. The van der Waals surface area contributed by atoms with Gasteiger partial charge in [-0.2, -0.15) is 12.6 Å². The average Bonchev–Trinajstić information content (AvgIpc) is 2.30. The SMILES string of the molecule is C.Cc1cc(CCC(=O)OCCS)cc(C)c1C. The molecule has 0 spiro atoms. The van der Waals surface area contributed by atoms with Crippen molar-refractivity contribution in [3.8, 4) is 0 Å². The fraction of sp³-hybridized carbons (Fsp3) is 0.533. The van der Waals surface area contributed by atoms with Gasteiger partial charge in [0.1, 0.15) is 6.61 Å². The Bertz CT molecular complexity index is 376. The first-order chi connectivity index (χ1) is 8.04. The van der Waals surface area contributed by atoms with Crippen LogP contribution in [0.15, 0.2) is 12.1 Å². The highest BCUT2D eigenvalue weighted by molar-refractivity contribution is 7.80. The van der Waals surface area contributed by atoms with Gasteiger partial charge in [0, 0.05) is 12.2 Å². The fourth-order valence-electron chi connectivity index (χ4n) is 1.75. The standard InChI is InChI=1S/C14H20O2S.CH4/c1-10-8-13(9-11(2)12(10)3)4-5-14(15)16-6-7-17;/h8-9,17H,4-7H2,1-3H3;1H4. The molecule has 1 rings (SSSR count). The van der Waals surface area contributed by atoms with Crippen LogP contribution in [0.1, 0.15) is 36.1 Å². The number of aryl methyl sites for hydroxylation is 3. The summed E-state index contributed by atoms with van der Waals surface area (Å²) in [6, 6.07) is 4.29. The monoisotopic (exact) mass is 268 g/mol. The lowest BCUT2D eigenvalue weighted by molar-refractivity contribution is -0.142. The van der Waals surface area contributed by atoms with Gasteiger partial charge in [-0.15, -0.1) is 0 Å². The van der Waals surface area contributed by atoms with E-state index in [4.69, 9.17) is 4.74 Å². The maximum absolute atomic E-state index is 11.4. The van der Waals surface area contributed by atoms with Crippen molar-refractivity contribution < 1.29 is 9.53 Å². The molecule has 0 unspecified atom stereocenters. The van der Waals surface area contributed by atoms with Crippen LogP contribution >= 0.6 is 12.6 Å². The van der Waals surface area contributed by atoms with E-state index < -0.39 is 0 Å². The van der Waals surface area contributed by atoms with Gasteiger partial charge in [-0.3, -0.25) is 4.79 Å². The third-order valence-corrected chi connectivity index (χ3v) is 3.14. The van der Waals surface area contributed by atoms with Crippen molar-refractivity contribution in [2.45, 2.75) is 41.0 Å². The van der Waals surface area contributed by atoms with Gasteiger partial charge in [0.2, 0.25) is 0 Å². The van der Waals surface area contributed by atoms with E-state index in [-0.39, 0.29) is 13.4 Å². The lowest BCUT2D eigenvalue weighted by atomic mass is 9.98. The number of carbonyl (C=O) groups excluding carboxylic acids is 1. The summed E-state index contributed by atoms with van der Waals surface area (Å²) in [5.41, 5.74) is 5.09. The molecule has 0 heterocycles. The molecular formula is C15H24O2S. The van der Waals surface area contributed by atoms with Crippen molar-refractivity contribution in [2.24, 2.45) is 0 Å². The summed E-state index contributed by atoms with van der Waals surface area (Å²) in [6.07, 6.45) is 1.18. The first kappa shape index (κ1) is 17.0. The zero-order chi connectivity index (χ0) is 12.8. The Morgan fingerprint density at radius 3 is 2.28 bits per heavy atom. The molecule has 18 heavy (non-hydrogen) atoms. The van der Waals surface area contributed by atoms with E-state index in [1.807, 2.05) is 0 Å². The summed E-state index contributed by atoms with van der Waals surface area (Å²) in [7, 11) is 0. The van der Waals surface area contributed by atoms with Gasteiger partial charge in [-0.25, -0.2) is 0 Å². The minimum atomic E-state index is -0.144. The molecule has 0 aliphatic carbocycles. The number of rotatable bonds is 5. The highest BCUT2D eigenvalue weighted by Gasteiger charge is 2.05. The van der Waals surface area contributed by atoms with Gasteiger partial charge in [0.15, 0.2) is 0 Å². The van der Waals surface area contributed by atoms with E-state index >= 15 is 0 Å². The third kappa shape index (κ3) is 5.13. The molecule has 3 heteroatoms. The summed E-state index contributed by atoms with van der Waals surface area (Å²) in [5.74, 6) is 0.434. The van der Waals surface area contributed by atoms with Gasteiger partial charge in [-0.05, 0) is 49.4 Å². The van der Waals surface area contributed by atoms with Crippen molar-refractivity contribution in [2.75, 3.05) is 12.4 Å². The quantitative estimate of drug-likeness (QED) is 0.651. The summed E-state index contributed by atoms with van der Waals surface area (Å²) < 4.78 is 4.98. The zero-order valence-electron chi connectivity index (χ0n) is 10.7. The molecule has 0 amide bonds. The lowest BCUT2D eigenvalue weighted by Crippen LogP contribution is -2.08. The van der Waals surface area contributed by atoms with Gasteiger partial charge in [-0.1, -0.05) is 19.6 Å². The number of esters is 1. The normalized spacial score (nSPS) is 9.78. The molecule has 0 aliphatic rings. The van der Waals surface area contributed by atoms with Gasteiger partial charge < -0.3 is 4.74 Å². The summed E-state index contributed by atoms with van der Waals surface area (Å²) in [6.45, 7) is 6.72. The van der Waals surface area contributed by atoms with E-state index in [0.29, 0.717) is 18.8 Å². The predicted octanol–water partition coefficient (Wildman–Crippen LogP) is 3.65. The van der Waals surface area contributed by atoms with Crippen molar-refractivity contribution >= 4 is 18.6 Å². The molecule has 0 saturated carbocycles. The zero-order valence-corrected chi connectivity index (χ0v) is 11.6. The van der Waals surface area contributed by atoms with Crippen LogP contribution in [0, 0.1) is 20.8 Å². The minimum absolute atomic E-state index is 0. The molecule has 1 aromatic rings. The molecular weight excluding hydrogens is 244 g/mol. The van der Waals surface area contributed by atoms with Crippen LogP contribution in [0.25, 0.3) is 0 Å². The largest absolute Gasteiger partial charge is 0.465 e. The Morgan fingerprint density at radius 2 is 1.78 bits per heavy atom. The highest BCUT2D eigenvalue weighted by Crippen LogP contribution is 2.16. The van der Waals surface area contributed by atoms with E-state index in [1.165, 1.54) is 22.3 Å². The maximum Gasteiger partial charge on any atom is 0.306 e. The van der Waals surface area contributed by atoms with E-state index in [1.54, 1.807) is 0 Å². The number of benzene rings is 1. The molecule has 0 aliphatic heterocycles. The Kier molecular flexibility index (Phi) is 7.76. The Morgan fingerprint density at radius 1 is 1.22 bits per heavy atom. The topological polar surface area (TPSA) is 26.3 Å². The molecule has 0 atom stereocenters. The van der Waals surface area contributed by atoms with Gasteiger partial charge >= 0.3 is 5.97 Å². The highest BCUT2D eigenvalue weighted by atomic mass is 32.1. The number of ether oxygens (including phenoxy) is 1. The first-order valence-corrected chi connectivity index (χ1v) is 6.51. The van der Waals surface area contributed by atoms with Crippen molar-refractivity contribution in [3.05, 3.63) is 34.4 Å². The third-order valence-electron chi connectivity index (χ3n) is 2.96. The van der Waals surface area contributed by atoms with Crippen LogP contribution in [-0.4, -0.2) is 18.3 Å². The summed E-state index contributed by atoms with van der Waals surface area (Å²) in [5, 5.41) is 0. The van der Waals surface area contributed by atoms with Crippen molar-refractivity contribution in [1.82, 2.24) is 0 Å². The second-order valence-corrected chi connectivity index (χ2v) is 4.75. The number of hydrogen-bond acceptors (Lipinski definition) is 3. The van der Waals surface area contributed by atoms with Gasteiger partial charge in [0.25, 0.3) is 0 Å². The lowest BCUT2D eigenvalue weighted by Gasteiger charge is -2.09. The number of hydrogen-bond donors (Lipinski definition) is 1. The van der Waals surface area contributed by atoms with Crippen LogP contribution in [0.3, 0.4) is 0 Å². The Labute approximate surface area is 116 Å². The van der Waals surface area contributed by atoms with E-state index in [9.17, 15) is 4.79 Å². The fourth-order valence-corrected chi connectivity index (χ4v) is 1.84. The smallest absolute Gasteiger partial charge is 0.306 e. The average molecular weight is 268 g/mol. The maximum atomic E-state index is 11.4. The molecule has 0 aromatic heterocycles. The molecule has 2 nitrogen and oxygen atoms in total. The number of carbonyl (C=O) groups is 1. The molecule has 102 valence electrons. The second-order valence-electron chi connectivity index (χ2n) is 4.30. The predicted molar refractivity (Wildman–Crippen MR) is 80.5 cm³/mol. The molecule has 0 fully saturated rings. The molecule has 1 aromatic carbocycles. The van der Waals surface area contributed by atoms with Crippen LogP contribution < -0.4 is 0 Å².